The molecule has 0 spiro atoms. The Morgan fingerprint density at radius 3 is 3.00 bits per heavy atom. The maximum Gasteiger partial charge on any atom is 0.221 e. The van der Waals surface area contributed by atoms with E-state index >= 15 is 0 Å². The summed E-state index contributed by atoms with van der Waals surface area (Å²) in [5.74, 6) is -0.900. The first-order chi connectivity index (χ1) is 6.66. The van der Waals surface area contributed by atoms with E-state index in [1.807, 2.05) is 0 Å². The Bertz CT molecular complexity index is 490. The summed E-state index contributed by atoms with van der Waals surface area (Å²) in [6.07, 6.45) is 1.44. The fraction of sp³-hybridized carbons (Fsp3) is 0.100. The number of carbonyl (C=O) groups is 1. The van der Waals surface area contributed by atoms with Crippen molar-refractivity contribution >= 4 is 16.9 Å². The SMILES string of the molecule is NC(=O)Cc1cc(F)cc2ccoc12. The third kappa shape index (κ3) is 1.46. The smallest absolute Gasteiger partial charge is 0.221 e. The monoisotopic (exact) mass is 193 g/mol. The van der Waals surface area contributed by atoms with Gasteiger partial charge in [0.05, 0.1) is 12.7 Å². The predicted molar refractivity (Wildman–Crippen MR) is 49.1 cm³/mol. The van der Waals surface area contributed by atoms with Crippen LogP contribution in [0.4, 0.5) is 4.39 Å². The number of furan rings is 1. The zero-order chi connectivity index (χ0) is 10.1. The number of halogens is 1. The molecule has 0 saturated heterocycles. The average molecular weight is 193 g/mol. The van der Waals surface area contributed by atoms with Crippen LogP contribution in [0, 0.1) is 5.82 Å². The molecule has 1 aromatic carbocycles. The summed E-state index contributed by atoms with van der Waals surface area (Å²) in [4.78, 5) is 10.7. The van der Waals surface area contributed by atoms with E-state index in [0.29, 0.717) is 16.5 Å². The van der Waals surface area contributed by atoms with E-state index in [4.69, 9.17) is 10.2 Å². The standard InChI is InChI=1S/C10H8FNO2/c11-8-3-6-1-2-14-10(6)7(4-8)5-9(12)13/h1-4H,5H2,(H2,12,13). The van der Waals surface area contributed by atoms with Crippen LogP contribution >= 0.6 is 0 Å². The predicted octanol–water partition coefficient (Wildman–Crippen LogP) is 1.60. The second-order valence-corrected chi connectivity index (χ2v) is 3.05. The highest BCUT2D eigenvalue weighted by atomic mass is 19.1. The molecule has 0 unspecified atom stereocenters. The molecule has 1 heterocycles. The molecule has 4 heteroatoms. The molecule has 2 N–H and O–H groups in total. The van der Waals surface area contributed by atoms with Crippen molar-refractivity contribution in [1.29, 1.82) is 0 Å². The first-order valence-electron chi connectivity index (χ1n) is 4.11. The Hall–Kier alpha value is -1.84. The van der Waals surface area contributed by atoms with Crippen LogP contribution in [0.5, 0.6) is 0 Å². The first-order valence-corrected chi connectivity index (χ1v) is 4.11. The van der Waals surface area contributed by atoms with E-state index in [1.165, 1.54) is 18.4 Å². The van der Waals surface area contributed by atoms with Crippen molar-refractivity contribution < 1.29 is 13.6 Å². The average Bonchev–Trinajstić information content (AvgIpc) is 2.50. The van der Waals surface area contributed by atoms with Crippen LogP contribution in [0.2, 0.25) is 0 Å². The van der Waals surface area contributed by atoms with Crippen LogP contribution < -0.4 is 5.73 Å². The highest BCUT2D eigenvalue weighted by molar-refractivity contribution is 5.86. The van der Waals surface area contributed by atoms with Crippen molar-refractivity contribution in [2.75, 3.05) is 0 Å². The first kappa shape index (κ1) is 8.74. The molecule has 0 aliphatic heterocycles. The number of carbonyl (C=O) groups excluding carboxylic acids is 1. The summed E-state index contributed by atoms with van der Waals surface area (Å²) in [5.41, 5.74) is 6.03. The number of hydrogen-bond donors (Lipinski definition) is 1. The summed E-state index contributed by atoms with van der Waals surface area (Å²) >= 11 is 0. The molecule has 2 rings (SSSR count). The topological polar surface area (TPSA) is 56.2 Å². The van der Waals surface area contributed by atoms with Gasteiger partial charge in [0.15, 0.2) is 0 Å². The highest BCUT2D eigenvalue weighted by Crippen LogP contribution is 2.21. The van der Waals surface area contributed by atoms with E-state index in [-0.39, 0.29) is 6.42 Å². The molecule has 72 valence electrons. The van der Waals surface area contributed by atoms with E-state index < -0.39 is 11.7 Å². The van der Waals surface area contributed by atoms with Gasteiger partial charge in [0.1, 0.15) is 11.4 Å². The van der Waals surface area contributed by atoms with Crippen molar-refractivity contribution in [1.82, 2.24) is 0 Å². The van der Waals surface area contributed by atoms with Gasteiger partial charge in [-0.3, -0.25) is 4.79 Å². The minimum Gasteiger partial charge on any atom is -0.464 e. The van der Waals surface area contributed by atoms with Crippen LogP contribution in [0.1, 0.15) is 5.56 Å². The van der Waals surface area contributed by atoms with Crippen molar-refractivity contribution in [3.05, 3.63) is 35.8 Å². The molecular formula is C10H8FNO2. The van der Waals surface area contributed by atoms with Gasteiger partial charge in [-0.25, -0.2) is 4.39 Å². The van der Waals surface area contributed by atoms with Gasteiger partial charge in [-0.15, -0.1) is 0 Å². The summed E-state index contributed by atoms with van der Waals surface area (Å²) in [6, 6.07) is 4.25. The quantitative estimate of drug-likeness (QED) is 0.787. The van der Waals surface area contributed by atoms with Crippen LogP contribution in [0.3, 0.4) is 0 Å². The summed E-state index contributed by atoms with van der Waals surface area (Å²) in [6.45, 7) is 0. The number of benzene rings is 1. The number of primary amides is 1. The van der Waals surface area contributed by atoms with Gasteiger partial charge in [-0.2, -0.15) is 0 Å². The van der Waals surface area contributed by atoms with Crippen molar-refractivity contribution in [2.24, 2.45) is 5.73 Å². The maximum atomic E-state index is 13.0. The minimum absolute atomic E-state index is 0.0121. The van der Waals surface area contributed by atoms with Crippen LogP contribution in [0.15, 0.2) is 28.9 Å². The molecule has 3 nitrogen and oxygen atoms in total. The van der Waals surface area contributed by atoms with Gasteiger partial charge >= 0.3 is 0 Å². The third-order valence-corrected chi connectivity index (χ3v) is 1.96. The Morgan fingerprint density at radius 2 is 2.29 bits per heavy atom. The maximum absolute atomic E-state index is 13.0. The van der Waals surface area contributed by atoms with Crippen molar-refractivity contribution in [3.8, 4) is 0 Å². The van der Waals surface area contributed by atoms with E-state index in [9.17, 15) is 9.18 Å². The molecular weight excluding hydrogens is 185 g/mol. The summed E-state index contributed by atoms with van der Waals surface area (Å²) in [7, 11) is 0. The lowest BCUT2D eigenvalue weighted by molar-refractivity contribution is -0.117. The molecule has 14 heavy (non-hydrogen) atoms. The largest absolute Gasteiger partial charge is 0.464 e. The lowest BCUT2D eigenvalue weighted by atomic mass is 10.1. The number of amides is 1. The summed E-state index contributed by atoms with van der Waals surface area (Å²) in [5, 5.41) is 0.640. The molecule has 0 aliphatic carbocycles. The molecule has 0 aliphatic rings. The Labute approximate surface area is 79.3 Å². The Kier molecular flexibility index (Phi) is 1.96. The zero-order valence-electron chi connectivity index (χ0n) is 7.29. The second-order valence-electron chi connectivity index (χ2n) is 3.05. The Balaban J connectivity index is 2.60. The van der Waals surface area contributed by atoms with Gasteiger partial charge in [-0.1, -0.05) is 0 Å². The minimum atomic E-state index is -0.506. The highest BCUT2D eigenvalue weighted by Gasteiger charge is 2.09. The van der Waals surface area contributed by atoms with Crippen LogP contribution in [-0.2, 0) is 11.2 Å². The van der Waals surface area contributed by atoms with Crippen molar-refractivity contribution in [2.45, 2.75) is 6.42 Å². The van der Waals surface area contributed by atoms with Crippen LogP contribution in [0.25, 0.3) is 11.0 Å². The number of hydrogen-bond acceptors (Lipinski definition) is 2. The molecule has 0 bridgehead atoms. The van der Waals surface area contributed by atoms with Gasteiger partial charge in [0.2, 0.25) is 5.91 Å². The molecule has 0 atom stereocenters. The lowest BCUT2D eigenvalue weighted by Crippen LogP contribution is -2.13. The molecule has 1 amide bonds. The van der Waals surface area contributed by atoms with Gasteiger partial charge < -0.3 is 10.2 Å². The fourth-order valence-corrected chi connectivity index (χ4v) is 1.44. The number of rotatable bonds is 2. The third-order valence-electron chi connectivity index (χ3n) is 1.96. The number of fused-ring (bicyclic) bond motifs is 1. The number of nitrogens with two attached hydrogens (primary N) is 1. The Morgan fingerprint density at radius 1 is 1.50 bits per heavy atom. The van der Waals surface area contributed by atoms with Gasteiger partial charge in [-0.05, 0) is 18.2 Å². The molecule has 1 aromatic heterocycles. The van der Waals surface area contributed by atoms with Gasteiger partial charge in [0, 0.05) is 10.9 Å². The lowest BCUT2D eigenvalue weighted by Gasteiger charge is -1.99. The molecule has 0 radical (unpaired) electrons. The van der Waals surface area contributed by atoms with Crippen molar-refractivity contribution in [3.63, 3.8) is 0 Å². The fourth-order valence-electron chi connectivity index (χ4n) is 1.44. The van der Waals surface area contributed by atoms with E-state index in [0.717, 1.165) is 0 Å². The summed E-state index contributed by atoms with van der Waals surface area (Å²) < 4.78 is 18.2. The van der Waals surface area contributed by atoms with Gasteiger partial charge in [0.25, 0.3) is 0 Å². The van der Waals surface area contributed by atoms with E-state index in [1.54, 1.807) is 6.07 Å². The van der Waals surface area contributed by atoms with Crippen LogP contribution in [-0.4, -0.2) is 5.91 Å². The molecule has 2 aromatic rings. The molecule has 0 fully saturated rings. The normalized spacial score (nSPS) is 10.6. The zero-order valence-corrected chi connectivity index (χ0v) is 7.29. The van der Waals surface area contributed by atoms with E-state index in [2.05, 4.69) is 0 Å². The second kappa shape index (κ2) is 3.14. The molecule has 0 saturated carbocycles.